The van der Waals surface area contributed by atoms with Crippen LogP contribution in [0, 0.1) is 0 Å². The summed E-state index contributed by atoms with van der Waals surface area (Å²) >= 11 is 0. The maximum absolute atomic E-state index is 10.4. The van der Waals surface area contributed by atoms with Crippen LogP contribution in [0.4, 0.5) is 0 Å². The van der Waals surface area contributed by atoms with Gasteiger partial charge in [0.15, 0.2) is 0 Å². The summed E-state index contributed by atoms with van der Waals surface area (Å²) in [6, 6.07) is 6.07. The Balaban J connectivity index is 1.95. The van der Waals surface area contributed by atoms with Crippen LogP contribution < -0.4 is 0 Å². The molecular formula is C16H18N2O. The van der Waals surface area contributed by atoms with Crippen LogP contribution in [0.5, 0.6) is 5.75 Å². The predicted molar refractivity (Wildman–Crippen MR) is 78.1 cm³/mol. The van der Waals surface area contributed by atoms with Gasteiger partial charge < -0.3 is 14.6 Å². The number of aromatic hydroxyl groups is 1. The van der Waals surface area contributed by atoms with Crippen LogP contribution >= 0.6 is 0 Å². The quantitative estimate of drug-likeness (QED) is 0.892. The molecule has 3 heteroatoms. The fourth-order valence-electron chi connectivity index (χ4n) is 2.63. The summed E-state index contributed by atoms with van der Waals surface area (Å²) in [7, 11) is 4.05. The molecule has 1 aromatic heterocycles. The van der Waals surface area contributed by atoms with E-state index >= 15 is 0 Å². The summed E-state index contributed by atoms with van der Waals surface area (Å²) in [5.74, 6) is 0.413. The maximum atomic E-state index is 10.4. The van der Waals surface area contributed by atoms with E-state index in [1.54, 1.807) is 0 Å². The van der Waals surface area contributed by atoms with E-state index in [9.17, 15) is 5.11 Å². The Labute approximate surface area is 113 Å². The molecule has 2 aromatic rings. The van der Waals surface area contributed by atoms with E-state index < -0.39 is 0 Å². The molecule has 98 valence electrons. The van der Waals surface area contributed by atoms with Crippen molar-refractivity contribution in [1.29, 1.82) is 0 Å². The Morgan fingerprint density at radius 3 is 2.84 bits per heavy atom. The lowest BCUT2D eigenvalue weighted by molar-refractivity contribution is 0.469. The predicted octanol–water partition coefficient (Wildman–Crippen LogP) is 2.81. The Hall–Kier alpha value is -2.16. The van der Waals surface area contributed by atoms with Crippen LogP contribution in [0.15, 0.2) is 48.3 Å². The largest absolute Gasteiger partial charge is 0.507 e. The first-order valence-corrected chi connectivity index (χ1v) is 6.47. The van der Waals surface area contributed by atoms with E-state index in [1.807, 2.05) is 29.9 Å². The molecule has 0 aliphatic carbocycles. The molecule has 0 bridgehead atoms. The molecule has 3 rings (SSSR count). The summed E-state index contributed by atoms with van der Waals surface area (Å²) in [6.07, 6.45) is 9.02. The van der Waals surface area contributed by atoms with Crippen molar-refractivity contribution in [2.75, 3.05) is 13.6 Å². The summed E-state index contributed by atoms with van der Waals surface area (Å²) in [5, 5.41) is 11.3. The number of likely N-dealkylation sites (N-methyl/N-ethyl adjacent to an activating group) is 1. The van der Waals surface area contributed by atoms with Gasteiger partial charge in [-0.15, -0.1) is 0 Å². The van der Waals surface area contributed by atoms with E-state index in [1.165, 1.54) is 5.57 Å². The Kier molecular flexibility index (Phi) is 2.82. The van der Waals surface area contributed by atoms with Crippen molar-refractivity contribution in [3.63, 3.8) is 0 Å². The molecule has 0 amide bonds. The molecule has 0 radical (unpaired) electrons. The highest BCUT2D eigenvalue weighted by molar-refractivity contribution is 5.87. The summed E-state index contributed by atoms with van der Waals surface area (Å²) in [6.45, 7) is 0.919. The molecule has 0 saturated carbocycles. The molecular weight excluding hydrogens is 236 g/mol. The van der Waals surface area contributed by atoms with E-state index in [4.69, 9.17) is 0 Å². The molecule has 0 unspecified atom stereocenters. The third kappa shape index (κ3) is 2.12. The highest BCUT2D eigenvalue weighted by Crippen LogP contribution is 2.31. The third-order valence-electron chi connectivity index (χ3n) is 3.66. The Morgan fingerprint density at radius 2 is 2.05 bits per heavy atom. The van der Waals surface area contributed by atoms with Gasteiger partial charge in [-0.05, 0) is 42.0 Å². The SMILES string of the molecule is CN1C=CC=C(Cc2ccc3c(ccn3C)c2O)C1. The first kappa shape index (κ1) is 11.9. The minimum Gasteiger partial charge on any atom is -0.507 e. The van der Waals surface area contributed by atoms with Crippen LogP contribution in [0.25, 0.3) is 10.9 Å². The van der Waals surface area contributed by atoms with Crippen molar-refractivity contribution in [1.82, 2.24) is 9.47 Å². The summed E-state index contributed by atoms with van der Waals surface area (Å²) < 4.78 is 2.02. The Morgan fingerprint density at radius 1 is 1.21 bits per heavy atom. The van der Waals surface area contributed by atoms with Crippen molar-refractivity contribution in [2.24, 2.45) is 7.05 Å². The number of rotatable bonds is 2. The molecule has 0 spiro atoms. The van der Waals surface area contributed by atoms with Gasteiger partial charge >= 0.3 is 0 Å². The normalized spacial score (nSPS) is 15.1. The minimum absolute atomic E-state index is 0.413. The molecule has 1 aliphatic heterocycles. The molecule has 0 atom stereocenters. The molecule has 1 aliphatic rings. The van der Waals surface area contributed by atoms with Crippen LogP contribution in [0.3, 0.4) is 0 Å². The van der Waals surface area contributed by atoms with Crippen LogP contribution in [0.2, 0.25) is 0 Å². The van der Waals surface area contributed by atoms with Gasteiger partial charge in [-0.1, -0.05) is 12.1 Å². The number of benzene rings is 1. The lowest BCUT2D eigenvalue weighted by atomic mass is 10.0. The van der Waals surface area contributed by atoms with Crippen molar-refractivity contribution in [3.05, 3.63) is 53.9 Å². The molecule has 19 heavy (non-hydrogen) atoms. The first-order valence-electron chi connectivity index (χ1n) is 6.47. The molecule has 3 nitrogen and oxygen atoms in total. The van der Waals surface area contributed by atoms with Crippen LogP contribution in [-0.4, -0.2) is 28.2 Å². The molecule has 0 fully saturated rings. The first-order chi connectivity index (χ1) is 9.15. The number of aryl methyl sites for hydroxylation is 1. The monoisotopic (exact) mass is 254 g/mol. The van der Waals surface area contributed by atoms with Gasteiger partial charge in [-0.25, -0.2) is 0 Å². The molecule has 0 saturated heterocycles. The molecule has 1 aromatic carbocycles. The van der Waals surface area contributed by atoms with Crippen molar-refractivity contribution < 1.29 is 5.11 Å². The zero-order valence-electron chi connectivity index (χ0n) is 11.3. The average Bonchev–Trinajstić information content (AvgIpc) is 2.76. The number of aromatic nitrogens is 1. The zero-order chi connectivity index (χ0) is 13.4. The van der Waals surface area contributed by atoms with Crippen molar-refractivity contribution >= 4 is 10.9 Å². The van der Waals surface area contributed by atoms with Gasteiger partial charge in [0.1, 0.15) is 5.75 Å². The number of phenols is 1. The van der Waals surface area contributed by atoms with E-state index in [0.29, 0.717) is 5.75 Å². The van der Waals surface area contributed by atoms with Gasteiger partial charge in [0, 0.05) is 32.2 Å². The highest BCUT2D eigenvalue weighted by Gasteiger charge is 2.11. The van der Waals surface area contributed by atoms with Gasteiger partial charge in [-0.3, -0.25) is 0 Å². The molecule has 2 heterocycles. The van der Waals surface area contributed by atoms with Gasteiger partial charge in [0.25, 0.3) is 0 Å². The van der Waals surface area contributed by atoms with Crippen LogP contribution in [0.1, 0.15) is 5.56 Å². The number of fused-ring (bicyclic) bond motifs is 1. The number of nitrogens with zero attached hydrogens (tertiary/aromatic N) is 2. The van der Waals surface area contributed by atoms with Gasteiger partial charge in [0.2, 0.25) is 0 Å². The van der Waals surface area contributed by atoms with Gasteiger partial charge in [0.05, 0.1) is 5.52 Å². The standard InChI is InChI=1S/C16H18N2O/c1-17-8-3-4-12(11-17)10-13-5-6-15-14(16(13)19)7-9-18(15)2/h3-9,19H,10-11H2,1-2H3. The number of phenolic OH excluding ortho intramolecular Hbond substituents is 1. The van der Waals surface area contributed by atoms with E-state index in [-0.39, 0.29) is 0 Å². The number of hydrogen-bond acceptors (Lipinski definition) is 2. The fraction of sp³-hybridized carbons (Fsp3) is 0.250. The number of hydrogen-bond donors (Lipinski definition) is 1. The summed E-state index contributed by atoms with van der Waals surface area (Å²) in [4.78, 5) is 2.15. The fourth-order valence-corrected chi connectivity index (χ4v) is 2.63. The minimum atomic E-state index is 0.413. The van der Waals surface area contributed by atoms with Crippen LogP contribution in [-0.2, 0) is 13.5 Å². The van der Waals surface area contributed by atoms with E-state index in [0.717, 1.165) is 29.4 Å². The average molecular weight is 254 g/mol. The van der Waals surface area contributed by atoms with Gasteiger partial charge in [-0.2, -0.15) is 0 Å². The van der Waals surface area contributed by atoms with E-state index in [2.05, 4.69) is 36.4 Å². The van der Waals surface area contributed by atoms with Crippen molar-refractivity contribution in [3.8, 4) is 5.75 Å². The second kappa shape index (κ2) is 4.50. The second-order valence-corrected chi connectivity index (χ2v) is 5.19. The topological polar surface area (TPSA) is 28.4 Å². The second-order valence-electron chi connectivity index (χ2n) is 5.19. The summed E-state index contributed by atoms with van der Waals surface area (Å²) in [5.41, 5.74) is 3.38. The molecule has 1 N–H and O–H groups in total. The Bertz CT molecular complexity index is 679. The third-order valence-corrected chi connectivity index (χ3v) is 3.66. The van der Waals surface area contributed by atoms with Crippen molar-refractivity contribution in [2.45, 2.75) is 6.42 Å². The maximum Gasteiger partial charge on any atom is 0.128 e. The lowest BCUT2D eigenvalue weighted by Crippen LogP contribution is -2.17. The number of allylic oxidation sites excluding steroid dienone is 2. The smallest absolute Gasteiger partial charge is 0.128 e. The highest BCUT2D eigenvalue weighted by atomic mass is 16.3. The zero-order valence-corrected chi connectivity index (χ0v) is 11.3. The lowest BCUT2D eigenvalue weighted by Gasteiger charge is -2.20.